The number of benzene rings is 1. The standard InChI is InChI=1S/C19H16BrN3O/c20-15-5-3-14(4-6-15)19(24)23-10-7-13(8-11-23)16-12-22-17-2-1-9-21-18(16)17/h1-7,9,12,22H,8,10-11H2. The monoisotopic (exact) mass is 381 g/mol. The molecule has 120 valence electrons. The molecule has 3 aromatic rings. The van der Waals surface area contributed by atoms with Crippen LogP contribution in [0.1, 0.15) is 22.3 Å². The van der Waals surface area contributed by atoms with Crippen LogP contribution in [-0.4, -0.2) is 33.9 Å². The lowest BCUT2D eigenvalue weighted by molar-refractivity contribution is 0.0773. The van der Waals surface area contributed by atoms with Gasteiger partial charge < -0.3 is 9.88 Å². The fourth-order valence-electron chi connectivity index (χ4n) is 3.07. The SMILES string of the molecule is O=C(c1ccc(Br)cc1)N1CC=C(c2c[nH]c3cccnc23)CC1. The largest absolute Gasteiger partial charge is 0.359 e. The molecule has 1 aromatic carbocycles. The van der Waals surface area contributed by atoms with Crippen molar-refractivity contribution in [3.63, 3.8) is 0 Å². The molecule has 0 aliphatic carbocycles. The summed E-state index contributed by atoms with van der Waals surface area (Å²) in [6.07, 6.45) is 6.80. The molecule has 0 bridgehead atoms. The number of fused-ring (bicyclic) bond motifs is 1. The highest BCUT2D eigenvalue weighted by Gasteiger charge is 2.20. The van der Waals surface area contributed by atoms with Crippen molar-refractivity contribution in [2.75, 3.05) is 13.1 Å². The number of aromatic amines is 1. The van der Waals surface area contributed by atoms with Crippen molar-refractivity contribution in [3.05, 3.63) is 70.5 Å². The summed E-state index contributed by atoms with van der Waals surface area (Å²) >= 11 is 3.40. The molecule has 1 aliphatic rings. The average molecular weight is 382 g/mol. The van der Waals surface area contributed by atoms with Crippen molar-refractivity contribution in [1.29, 1.82) is 0 Å². The smallest absolute Gasteiger partial charge is 0.254 e. The number of pyridine rings is 1. The van der Waals surface area contributed by atoms with Crippen LogP contribution in [0.2, 0.25) is 0 Å². The van der Waals surface area contributed by atoms with E-state index >= 15 is 0 Å². The summed E-state index contributed by atoms with van der Waals surface area (Å²) in [7, 11) is 0. The summed E-state index contributed by atoms with van der Waals surface area (Å²) in [5.41, 5.74) is 5.16. The lowest BCUT2D eigenvalue weighted by Crippen LogP contribution is -2.34. The first-order chi connectivity index (χ1) is 11.7. The van der Waals surface area contributed by atoms with E-state index in [1.54, 1.807) is 0 Å². The summed E-state index contributed by atoms with van der Waals surface area (Å²) in [5.74, 6) is 0.0786. The topological polar surface area (TPSA) is 49.0 Å². The van der Waals surface area contributed by atoms with E-state index in [1.165, 1.54) is 5.57 Å². The second-order valence-corrected chi connectivity index (χ2v) is 6.76. The molecule has 0 unspecified atom stereocenters. The third-order valence-corrected chi connectivity index (χ3v) is 4.90. The predicted molar refractivity (Wildman–Crippen MR) is 98.7 cm³/mol. The van der Waals surface area contributed by atoms with Gasteiger partial charge in [0.1, 0.15) is 0 Å². The van der Waals surface area contributed by atoms with Crippen LogP contribution in [0.15, 0.2) is 59.3 Å². The normalized spacial score (nSPS) is 14.7. The number of rotatable bonds is 2. The number of nitrogens with zero attached hydrogens (tertiary/aromatic N) is 2. The Kier molecular flexibility index (Phi) is 3.94. The molecule has 3 heterocycles. The van der Waals surface area contributed by atoms with Gasteiger partial charge in [-0.15, -0.1) is 0 Å². The van der Waals surface area contributed by atoms with Crippen molar-refractivity contribution in [2.45, 2.75) is 6.42 Å². The van der Waals surface area contributed by atoms with Gasteiger partial charge in [-0.3, -0.25) is 9.78 Å². The lowest BCUT2D eigenvalue weighted by Gasteiger charge is -2.26. The zero-order chi connectivity index (χ0) is 16.5. The minimum absolute atomic E-state index is 0.0786. The first-order valence-electron chi connectivity index (χ1n) is 7.89. The van der Waals surface area contributed by atoms with Crippen LogP contribution >= 0.6 is 15.9 Å². The molecule has 0 spiro atoms. The van der Waals surface area contributed by atoms with Gasteiger partial charge in [0.2, 0.25) is 0 Å². The number of aromatic nitrogens is 2. The molecule has 0 saturated carbocycles. The number of carbonyl (C=O) groups is 1. The van der Waals surface area contributed by atoms with E-state index in [9.17, 15) is 4.79 Å². The Morgan fingerprint density at radius 1 is 1.21 bits per heavy atom. The van der Waals surface area contributed by atoms with Gasteiger partial charge in [0.15, 0.2) is 0 Å². The molecular formula is C19H16BrN3O. The second-order valence-electron chi connectivity index (χ2n) is 5.84. The van der Waals surface area contributed by atoms with E-state index in [4.69, 9.17) is 0 Å². The molecule has 0 atom stereocenters. The maximum Gasteiger partial charge on any atom is 0.254 e. The van der Waals surface area contributed by atoms with Crippen LogP contribution < -0.4 is 0 Å². The molecule has 0 saturated heterocycles. The number of nitrogens with one attached hydrogen (secondary N) is 1. The van der Waals surface area contributed by atoms with Gasteiger partial charge in [-0.25, -0.2) is 0 Å². The molecule has 24 heavy (non-hydrogen) atoms. The Morgan fingerprint density at radius 3 is 2.79 bits per heavy atom. The first kappa shape index (κ1) is 15.1. The van der Waals surface area contributed by atoms with E-state index in [0.717, 1.165) is 39.6 Å². The zero-order valence-corrected chi connectivity index (χ0v) is 14.6. The van der Waals surface area contributed by atoms with E-state index in [0.29, 0.717) is 6.54 Å². The van der Waals surface area contributed by atoms with Crippen molar-refractivity contribution in [2.24, 2.45) is 0 Å². The molecule has 4 rings (SSSR count). The average Bonchev–Trinajstić information content (AvgIpc) is 3.06. The summed E-state index contributed by atoms with van der Waals surface area (Å²) in [6, 6.07) is 11.5. The number of hydrogen-bond acceptors (Lipinski definition) is 2. The number of carbonyl (C=O) groups excluding carboxylic acids is 1. The fraction of sp³-hybridized carbons (Fsp3) is 0.158. The highest BCUT2D eigenvalue weighted by molar-refractivity contribution is 9.10. The highest BCUT2D eigenvalue weighted by Crippen LogP contribution is 2.28. The molecule has 0 radical (unpaired) electrons. The fourth-order valence-corrected chi connectivity index (χ4v) is 3.34. The van der Waals surface area contributed by atoms with Gasteiger partial charge in [0, 0.05) is 41.1 Å². The molecule has 2 aromatic heterocycles. The Labute approximate surface area is 148 Å². The number of H-pyrrole nitrogens is 1. The summed E-state index contributed by atoms with van der Waals surface area (Å²) in [4.78, 5) is 22.2. The van der Waals surface area contributed by atoms with E-state index in [2.05, 4.69) is 32.0 Å². The molecular weight excluding hydrogens is 366 g/mol. The predicted octanol–water partition coefficient (Wildman–Crippen LogP) is 4.25. The number of halogens is 1. The van der Waals surface area contributed by atoms with Crippen molar-refractivity contribution >= 4 is 38.4 Å². The third kappa shape index (κ3) is 2.76. The zero-order valence-electron chi connectivity index (χ0n) is 13.0. The minimum atomic E-state index is 0.0786. The van der Waals surface area contributed by atoms with Crippen LogP contribution in [0.3, 0.4) is 0 Å². The van der Waals surface area contributed by atoms with Gasteiger partial charge in [-0.1, -0.05) is 22.0 Å². The Morgan fingerprint density at radius 2 is 2.04 bits per heavy atom. The summed E-state index contributed by atoms with van der Waals surface area (Å²) in [6.45, 7) is 1.35. The van der Waals surface area contributed by atoms with Crippen LogP contribution in [0.5, 0.6) is 0 Å². The van der Waals surface area contributed by atoms with E-state index in [-0.39, 0.29) is 5.91 Å². The van der Waals surface area contributed by atoms with Gasteiger partial charge in [-0.2, -0.15) is 0 Å². The van der Waals surface area contributed by atoms with Gasteiger partial charge >= 0.3 is 0 Å². The van der Waals surface area contributed by atoms with E-state index in [1.807, 2.05) is 53.7 Å². The van der Waals surface area contributed by atoms with Crippen LogP contribution in [-0.2, 0) is 0 Å². The second kappa shape index (κ2) is 6.24. The van der Waals surface area contributed by atoms with Gasteiger partial charge in [0.05, 0.1) is 11.0 Å². The molecule has 1 N–H and O–H groups in total. The first-order valence-corrected chi connectivity index (χ1v) is 8.68. The molecule has 4 nitrogen and oxygen atoms in total. The maximum atomic E-state index is 12.6. The quantitative estimate of drug-likeness (QED) is 0.720. The van der Waals surface area contributed by atoms with Crippen molar-refractivity contribution in [3.8, 4) is 0 Å². The van der Waals surface area contributed by atoms with Crippen LogP contribution in [0.4, 0.5) is 0 Å². The number of hydrogen-bond donors (Lipinski definition) is 1. The van der Waals surface area contributed by atoms with Gasteiger partial charge in [-0.05, 0) is 48.4 Å². The third-order valence-electron chi connectivity index (χ3n) is 4.37. The summed E-state index contributed by atoms with van der Waals surface area (Å²) in [5, 5.41) is 0. The Balaban J connectivity index is 1.55. The number of amides is 1. The van der Waals surface area contributed by atoms with Crippen LogP contribution in [0, 0.1) is 0 Å². The minimum Gasteiger partial charge on any atom is -0.359 e. The maximum absolute atomic E-state index is 12.6. The van der Waals surface area contributed by atoms with Crippen molar-refractivity contribution in [1.82, 2.24) is 14.9 Å². The highest BCUT2D eigenvalue weighted by atomic mass is 79.9. The molecule has 5 heteroatoms. The molecule has 1 aliphatic heterocycles. The van der Waals surface area contributed by atoms with Crippen molar-refractivity contribution < 1.29 is 4.79 Å². The lowest BCUT2D eigenvalue weighted by atomic mass is 10.0. The Bertz CT molecular complexity index is 927. The van der Waals surface area contributed by atoms with Gasteiger partial charge in [0.25, 0.3) is 5.91 Å². The molecule has 0 fully saturated rings. The summed E-state index contributed by atoms with van der Waals surface area (Å²) < 4.78 is 0.978. The van der Waals surface area contributed by atoms with E-state index < -0.39 is 0 Å². The molecule has 1 amide bonds. The van der Waals surface area contributed by atoms with Crippen LogP contribution in [0.25, 0.3) is 16.6 Å². The Hall–Kier alpha value is -2.40.